The van der Waals surface area contributed by atoms with E-state index in [0.717, 1.165) is 35.3 Å². The molecule has 0 spiro atoms. The van der Waals surface area contributed by atoms with Crippen molar-refractivity contribution in [2.75, 3.05) is 73.3 Å². The van der Waals surface area contributed by atoms with Crippen LogP contribution in [-0.2, 0) is 104 Å². The third-order valence-electron chi connectivity index (χ3n) is 12.6. The summed E-state index contributed by atoms with van der Waals surface area (Å²) in [5, 5.41) is 7.95. The maximum absolute atomic E-state index is 13.4. The molecule has 0 radical (unpaired) electrons. The van der Waals surface area contributed by atoms with Crippen LogP contribution < -0.4 is 32.5 Å². The number of carbonyl (C=O) groups is 6. The Morgan fingerprint density at radius 1 is 0.414 bits per heavy atom. The van der Waals surface area contributed by atoms with Crippen molar-refractivity contribution in [1.29, 1.82) is 0 Å². The Balaban J connectivity index is 0.000000315. The highest BCUT2D eigenvalue weighted by molar-refractivity contribution is 8.14. The molecule has 36 nitrogen and oxygen atoms in total. The summed E-state index contributed by atoms with van der Waals surface area (Å²) in [6, 6.07) is -2.64. The predicted octanol–water partition coefficient (Wildman–Crippen LogP) is 6.57. The molecule has 0 saturated carbocycles. The van der Waals surface area contributed by atoms with Crippen LogP contribution in [0, 0.1) is 0 Å². The summed E-state index contributed by atoms with van der Waals surface area (Å²) in [6.45, 7) is 25.9. The molecule has 6 aromatic rings. The molecule has 9 N–H and O–H groups in total. The van der Waals surface area contributed by atoms with Crippen molar-refractivity contribution < 1.29 is 84.5 Å². The summed E-state index contributed by atoms with van der Waals surface area (Å²) in [5.41, 5.74) is 20.6. The minimum absolute atomic E-state index is 0.0422. The van der Waals surface area contributed by atoms with Gasteiger partial charge in [-0.05, 0) is 83.1 Å². The van der Waals surface area contributed by atoms with Gasteiger partial charge >= 0.3 is 17.9 Å². The maximum atomic E-state index is 13.4. The number of fused-ring (bicyclic) bond motifs is 3. The standard InChI is InChI=1S/3C19H31N6O6PS/c3*1-12(2)31-19(27)14(4)24-32(28,30-6-7-33-15(5)26)11-29-13(3)8-25-10-23-16-17(20)21-9-22-18(16)25/h3*9-10,12-14H,6-8,11H2,1-5H3,(H,24,28)(H2,20,21,22)/t13-,14+,32?;13-,14+,32+;13-,14+,32-/m111/s1. The van der Waals surface area contributed by atoms with Gasteiger partial charge in [0.15, 0.2) is 49.7 Å². The van der Waals surface area contributed by atoms with Gasteiger partial charge in [-0.3, -0.25) is 42.5 Å². The van der Waals surface area contributed by atoms with Crippen molar-refractivity contribution in [1.82, 2.24) is 73.8 Å². The fourth-order valence-corrected chi connectivity index (χ4v) is 15.3. The zero-order valence-electron chi connectivity index (χ0n) is 58.2. The van der Waals surface area contributed by atoms with Crippen molar-refractivity contribution in [3.63, 3.8) is 0 Å². The van der Waals surface area contributed by atoms with E-state index in [9.17, 15) is 42.5 Å². The molecule has 6 aromatic heterocycles. The van der Waals surface area contributed by atoms with Crippen LogP contribution in [0.1, 0.15) is 104 Å². The highest BCUT2D eigenvalue weighted by Crippen LogP contribution is 2.46. The number of imidazole rings is 3. The van der Waals surface area contributed by atoms with Gasteiger partial charge in [-0.25, -0.2) is 60.1 Å². The molecular formula is C57H93N18O18P3S3. The van der Waals surface area contributed by atoms with Gasteiger partial charge in [0.1, 0.15) is 72.7 Å². The number of thioether (sulfide) groups is 3. The monoisotopic (exact) mass is 1510 g/mol. The summed E-state index contributed by atoms with van der Waals surface area (Å²) in [7, 11) is -10.8. The molecule has 0 saturated heterocycles. The van der Waals surface area contributed by atoms with Crippen LogP contribution in [0.3, 0.4) is 0 Å². The molecule has 6 heterocycles. The summed E-state index contributed by atoms with van der Waals surface area (Å²) in [5.74, 6) is 0.142. The number of esters is 3. The largest absolute Gasteiger partial charge is 0.462 e. The number of hydrogen-bond donors (Lipinski definition) is 6. The van der Waals surface area contributed by atoms with Gasteiger partial charge in [0.05, 0.1) is 95.1 Å². The molecule has 0 aliphatic carbocycles. The van der Waals surface area contributed by atoms with Crippen LogP contribution in [0.25, 0.3) is 33.5 Å². The van der Waals surface area contributed by atoms with Gasteiger partial charge in [0.2, 0.25) is 0 Å². The number of ether oxygens (including phenoxy) is 6. The highest BCUT2D eigenvalue weighted by Gasteiger charge is 2.34. The minimum atomic E-state index is -3.60. The quantitative estimate of drug-likeness (QED) is 0.0103. The molecule has 1 unspecified atom stereocenters. The molecule has 0 bridgehead atoms. The Labute approximate surface area is 586 Å². The molecule has 99 heavy (non-hydrogen) atoms. The van der Waals surface area contributed by atoms with Crippen molar-refractivity contribution in [2.45, 2.75) is 178 Å². The Morgan fingerprint density at radius 2 is 0.657 bits per heavy atom. The first-order valence-corrected chi connectivity index (χ1v) is 39.5. The van der Waals surface area contributed by atoms with Crippen LogP contribution in [0.4, 0.5) is 17.5 Å². The van der Waals surface area contributed by atoms with Gasteiger partial charge in [-0.1, -0.05) is 35.3 Å². The molecule has 9 atom stereocenters. The van der Waals surface area contributed by atoms with E-state index in [-0.39, 0.29) is 90.0 Å². The second kappa shape index (κ2) is 41.7. The first kappa shape index (κ1) is 85.3. The van der Waals surface area contributed by atoms with E-state index in [1.54, 1.807) is 95.0 Å². The van der Waals surface area contributed by atoms with E-state index in [1.165, 1.54) is 60.5 Å². The Hall–Kier alpha value is -6.15. The fraction of sp³-hybridized carbons (Fsp3) is 0.632. The van der Waals surface area contributed by atoms with Gasteiger partial charge in [-0.15, -0.1) is 0 Å². The number of nitrogens with two attached hydrogens (primary N) is 3. The normalized spacial score (nSPS) is 15.3. The average Bonchev–Trinajstić information content (AvgIpc) is 1.70. The molecular weight excluding hydrogens is 1410 g/mol. The SMILES string of the molecule is CC(=O)SCCOP(=O)(CO[C@H](C)Cn1cnc2c(N)ncnc21)N[C@@H](C)C(=O)OC(C)C.CC(=O)SCCO[P@@](=O)(CO[C@H](C)Cn1cnc2c(N)ncnc21)N[C@@H](C)C(=O)OC(C)C.CC(=O)SCCO[P@](=O)(CO[C@H](C)Cn1cnc2c(N)ncnc21)N[C@@H](C)C(=O)OC(C)C. The van der Waals surface area contributed by atoms with Gasteiger partial charge < -0.3 is 72.9 Å². The molecule has 42 heteroatoms. The second-order valence-electron chi connectivity index (χ2n) is 22.9. The highest BCUT2D eigenvalue weighted by atomic mass is 32.2. The zero-order valence-corrected chi connectivity index (χ0v) is 63.3. The Kier molecular flexibility index (Phi) is 35.9. The number of nitrogens with zero attached hydrogens (tertiary/aromatic N) is 12. The molecule has 0 aliphatic heterocycles. The van der Waals surface area contributed by atoms with Crippen molar-refractivity contribution in [3.05, 3.63) is 38.0 Å². The van der Waals surface area contributed by atoms with E-state index < -0.39 is 76.9 Å². The Morgan fingerprint density at radius 3 is 0.879 bits per heavy atom. The van der Waals surface area contributed by atoms with Gasteiger partial charge in [0, 0.05) is 38.0 Å². The predicted molar refractivity (Wildman–Crippen MR) is 377 cm³/mol. The molecule has 0 aromatic carbocycles. The smallest absolute Gasteiger partial charge is 0.323 e. The van der Waals surface area contributed by atoms with Crippen LogP contribution >= 0.6 is 57.8 Å². The summed E-state index contributed by atoms with van der Waals surface area (Å²) < 4.78 is 95.0. The average molecular weight is 1510 g/mol. The molecule has 0 fully saturated rings. The van der Waals surface area contributed by atoms with Crippen molar-refractivity contribution in [3.8, 4) is 0 Å². The van der Waals surface area contributed by atoms with E-state index >= 15 is 0 Å². The van der Waals surface area contributed by atoms with Gasteiger partial charge in [-0.2, -0.15) is 0 Å². The summed E-state index contributed by atoms with van der Waals surface area (Å²) in [6.07, 6.45) is 5.77. The van der Waals surface area contributed by atoms with Gasteiger partial charge in [0.25, 0.3) is 22.6 Å². The third-order valence-corrected chi connectivity index (χ3v) is 20.5. The van der Waals surface area contributed by atoms with E-state index in [0.29, 0.717) is 70.4 Å². The number of rotatable bonds is 39. The molecule has 552 valence electrons. The maximum Gasteiger partial charge on any atom is 0.323 e. The molecule has 0 amide bonds. The van der Waals surface area contributed by atoms with Crippen molar-refractivity contribution in [2.24, 2.45) is 0 Å². The lowest BCUT2D eigenvalue weighted by atomic mass is 10.4. The molecule has 6 rings (SSSR count). The zero-order chi connectivity index (χ0) is 73.8. The number of carbonyl (C=O) groups excluding carboxylic acids is 6. The third kappa shape index (κ3) is 30.5. The molecule has 0 aliphatic rings. The first-order chi connectivity index (χ1) is 46.5. The summed E-state index contributed by atoms with van der Waals surface area (Å²) >= 11 is 3.17. The second-order valence-corrected chi connectivity index (χ2v) is 33.0. The van der Waals surface area contributed by atoms with Crippen LogP contribution in [0.15, 0.2) is 38.0 Å². The van der Waals surface area contributed by atoms with Crippen molar-refractivity contribution >= 4 is 142 Å². The van der Waals surface area contributed by atoms with Crippen LogP contribution in [0.5, 0.6) is 0 Å². The number of anilines is 3. The number of nitrogens with one attached hydrogen (secondary N) is 3. The Bertz CT molecular complexity index is 3380. The first-order valence-electron chi connectivity index (χ1n) is 31.2. The number of hydrogen-bond acceptors (Lipinski definition) is 33. The lowest BCUT2D eigenvalue weighted by molar-refractivity contribution is -0.149. The lowest BCUT2D eigenvalue weighted by Crippen LogP contribution is -2.36. The lowest BCUT2D eigenvalue weighted by Gasteiger charge is -2.25. The van der Waals surface area contributed by atoms with E-state index in [2.05, 4.69) is 60.1 Å². The number of nitrogen functional groups attached to an aromatic ring is 3. The fourth-order valence-electron chi connectivity index (χ4n) is 8.25. The van der Waals surface area contributed by atoms with Crippen LogP contribution in [-0.4, -0.2) is 203 Å². The topological polar surface area (TPSA) is 482 Å². The number of aromatic nitrogens is 12. The van der Waals surface area contributed by atoms with E-state index in [4.69, 9.17) is 59.2 Å². The minimum Gasteiger partial charge on any atom is -0.462 e. The van der Waals surface area contributed by atoms with Crippen LogP contribution in [0.2, 0.25) is 0 Å². The van der Waals surface area contributed by atoms with E-state index in [1.807, 2.05) is 0 Å². The summed E-state index contributed by atoms with van der Waals surface area (Å²) in [4.78, 5) is 107.